The predicted octanol–water partition coefficient (Wildman–Crippen LogP) is 3.33. The van der Waals surface area contributed by atoms with Crippen molar-refractivity contribution in [3.63, 3.8) is 0 Å². The number of benzene rings is 1. The van der Waals surface area contributed by atoms with Crippen LogP contribution < -0.4 is 0 Å². The molecule has 0 spiro atoms. The highest BCUT2D eigenvalue weighted by atomic mass is 32.1. The lowest BCUT2D eigenvalue weighted by molar-refractivity contribution is 0.0521. The molecule has 0 aliphatic carbocycles. The zero-order valence-electron chi connectivity index (χ0n) is 12.6. The number of carbonyl (C=O) groups is 2. The summed E-state index contributed by atoms with van der Waals surface area (Å²) in [5.41, 5.74) is 1.31. The molecule has 2 heterocycles. The highest BCUT2D eigenvalue weighted by Gasteiger charge is 2.22. The molecule has 3 rings (SSSR count). The first-order valence-corrected chi connectivity index (χ1v) is 7.88. The zero-order chi connectivity index (χ0) is 17.1. The molecule has 3 aromatic rings. The highest BCUT2D eigenvalue weighted by Crippen LogP contribution is 2.35. The van der Waals surface area contributed by atoms with Gasteiger partial charge >= 0.3 is 5.97 Å². The molecular formula is C16H12FN3O3S. The van der Waals surface area contributed by atoms with Gasteiger partial charge in [-0.3, -0.25) is 4.79 Å². The molecule has 6 nitrogen and oxygen atoms in total. The quantitative estimate of drug-likeness (QED) is 0.566. The van der Waals surface area contributed by atoms with Crippen molar-refractivity contribution in [2.75, 3.05) is 6.61 Å². The lowest BCUT2D eigenvalue weighted by atomic mass is 10.1. The predicted molar refractivity (Wildman–Crippen MR) is 86.4 cm³/mol. The second kappa shape index (κ2) is 6.71. The number of aldehydes is 1. The van der Waals surface area contributed by atoms with Crippen LogP contribution in [0.15, 0.2) is 30.5 Å². The van der Waals surface area contributed by atoms with E-state index < -0.39 is 5.97 Å². The number of halogens is 1. The number of H-pyrrole nitrogens is 1. The fourth-order valence-corrected chi connectivity index (χ4v) is 3.10. The Bertz CT molecular complexity index is 886. The van der Waals surface area contributed by atoms with E-state index in [9.17, 15) is 14.0 Å². The first-order chi connectivity index (χ1) is 11.6. The largest absolute Gasteiger partial charge is 0.461 e. The SMILES string of the molecule is CCOC(=O)c1nc(-c2cnc(C=O)[nH]2)sc1-c1ccc(F)cc1. The number of ether oxygens (including phenoxy) is 1. The van der Waals surface area contributed by atoms with Crippen LogP contribution in [0.4, 0.5) is 4.39 Å². The first-order valence-electron chi connectivity index (χ1n) is 7.06. The molecular weight excluding hydrogens is 333 g/mol. The summed E-state index contributed by atoms with van der Waals surface area (Å²) in [5.74, 6) is -0.763. The highest BCUT2D eigenvalue weighted by molar-refractivity contribution is 7.18. The van der Waals surface area contributed by atoms with Crippen molar-refractivity contribution in [3.05, 3.63) is 47.8 Å². The van der Waals surface area contributed by atoms with Gasteiger partial charge in [0, 0.05) is 0 Å². The van der Waals surface area contributed by atoms with Gasteiger partial charge in [0.05, 0.1) is 23.4 Å². The third-order valence-electron chi connectivity index (χ3n) is 3.14. The molecule has 1 aromatic carbocycles. The molecule has 122 valence electrons. The molecule has 0 amide bonds. The molecule has 0 radical (unpaired) electrons. The van der Waals surface area contributed by atoms with E-state index in [2.05, 4.69) is 15.0 Å². The molecule has 0 aliphatic rings. The van der Waals surface area contributed by atoms with Crippen LogP contribution in [0.25, 0.3) is 21.1 Å². The number of hydrogen-bond donors (Lipinski definition) is 1. The second-order valence-corrected chi connectivity index (χ2v) is 5.72. The van der Waals surface area contributed by atoms with E-state index in [1.54, 1.807) is 19.1 Å². The summed E-state index contributed by atoms with van der Waals surface area (Å²) in [7, 11) is 0. The van der Waals surface area contributed by atoms with Crippen LogP contribution in [0.2, 0.25) is 0 Å². The lowest BCUT2D eigenvalue weighted by Gasteiger charge is -2.02. The summed E-state index contributed by atoms with van der Waals surface area (Å²) >= 11 is 1.23. The number of nitrogens with one attached hydrogen (secondary N) is 1. The van der Waals surface area contributed by atoms with Crippen LogP contribution in [0, 0.1) is 5.82 Å². The fourth-order valence-electron chi connectivity index (χ4n) is 2.08. The van der Waals surface area contributed by atoms with E-state index in [1.165, 1.54) is 29.7 Å². The third-order valence-corrected chi connectivity index (χ3v) is 4.28. The Morgan fingerprint density at radius 1 is 1.38 bits per heavy atom. The molecule has 0 saturated carbocycles. The minimum absolute atomic E-state index is 0.144. The number of aromatic amines is 1. The number of nitrogens with zero attached hydrogens (tertiary/aromatic N) is 2. The molecule has 8 heteroatoms. The van der Waals surface area contributed by atoms with Crippen molar-refractivity contribution in [1.82, 2.24) is 15.0 Å². The Balaban J connectivity index is 2.09. The monoisotopic (exact) mass is 345 g/mol. The molecule has 24 heavy (non-hydrogen) atoms. The van der Waals surface area contributed by atoms with Crippen LogP contribution in [-0.4, -0.2) is 33.8 Å². The summed E-state index contributed by atoms with van der Waals surface area (Å²) in [6, 6.07) is 5.76. The van der Waals surface area contributed by atoms with Gasteiger partial charge in [0.2, 0.25) is 0 Å². The first kappa shape index (κ1) is 16.0. The number of hydrogen-bond acceptors (Lipinski definition) is 6. The maximum absolute atomic E-state index is 13.1. The van der Waals surface area contributed by atoms with Crippen molar-refractivity contribution in [2.45, 2.75) is 6.92 Å². The number of rotatable bonds is 5. The number of esters is 1. The standard InChI is InChI=1S/C16H12FN3O3S/c1-2-23-16(22)13-14(9-3-5-10(17)6-4-9)24-15(20-13)11-7-18-12(8-21)19-11/h3-8H,2H2,1H3,(H,18,19). The van der Waals surface area contributed by atoms with Crippen LogP contribution in [0.1, 0.15) is 28.0 Å². The molecule has 1 N–H and O–H groups in total. The molecule has 0 unspecified atom stereocenters. The van der Waals surface area contributed by atoms with Gasteiger partial charge in [-0.25, -0.2) is 19.2 Å². The number of imidazole rings is 1. The zero-order valence-corrected chi connectivity index (χ0v) is 13.4. The molecule has 0 bridgehead atoms. The molecule has 2 aromatic heterocycles. The Hall–Kier alpha value is -2.87. The average Bonchev–Trinajstić information content (AvgIpc) is 3.22. The molecule has 0 atom stereocenters. The van der Waals surface area contributed by atoms with E-state index >= 15 is 0 Å². The summed E-state index contributed by atoms with van der Waals surface area (Å²) < 4.78 is 18.2. The lowest BCUT2D eigenvalue weighted by Crippen LogP contribution is -2.06. The fraction of sp³-hybridized carbons (Fsp3) is 0.125. The normalized spacial score (nSPS) is 10.6. The van der Waals surface area contributed by atoms with Gasteiger partial charge in [0.15, 0.2) is 17.8 Å². The van der Waals surface area contributed by atoms with Crippen LogP contribution in [0.5, 0.6) is 0 Å². The maximum Gasteiger partial charge on any atom is 0.358 e. The van der Waals surface area contributed by atoms with E-state index in [0.29, 0.717) is 27.4 Å². The summed E-state index contributed by atoms with van der Waals surface area (Å²) in [6.45, 7) is 1.92. The molecule has 0 aliphatic heterocycles. The van der Waals surface area contributed by atoms with Gasteiger partial charge in [0.1, 0.15) is 10.8 Å². The van der Waals surface area contributed by atoms with Gasteiger partial charge in [-0.2, -0.15) is 0 Å². The van der Waals surface area contributed by atoms with Crippen molar-refractivity contribution in [1.29, 1.82) is 0 Å². The van der Waals surface area contributed by atoms with Gasteiger partial charge in [-0.15, -0.1) is 11.3 Å². The van der Waals surface area contributed by atoms with Crippen molar-refractivity contribution < 1.29 is 18.7 Å². The Morgan fingerprint density at radius 3 is 2.75 bits per heavy atom. The molecule has 0 fully saturated rings. The summed E-state index contributed by atoms with van der Waals surface area (Å²) in [5, 5.41) is 0.484. The van der Waals surface area contributed by atoms with Crippen LogP contribution in [-0.2, 0) is 4.74 Å². The Labute approximate surface area is 140 Å². The van der Waals surface area contributed by atoms with Crippen molar-refractivity contribution >= 4 is 23.6 Å². The van der Waals surface area contributed by atoms with E-state index in [4.69, 9.17) is 4.74 Å². The van der Waals surface area contributed by atoms with Gasteiger partial charge in [-0.1, -0.05) is 12.1 Å². The third kappa shape index (κ3) is 3.09. The summed E-state index contributed by atoms with van der Waals surface area (Å²) in [4.78, 5) is 34.5. The average molecular weight is 345 g/mol. The van der Waals surface area contributed by atoms with Gasteiger partial charge in [0.25, 0.3) is 0 Å². The summed E-state index contributed by atoms with van der Waals surface area (Å²) in [6.07, 6.45) is 2.05. The minimum Gasteiger partial charge on any atom is -0.461 e. The van der Waals surface area contributed by atoms with Crippen molar-refractivity contribution in [2.24, 2.45) is 0 Å². The van der Waals surface area contributed by atoms with E-state index in [0.717, 1.165) is 0 Å². The van der Waals surface area contributed by atoms with E-state index in [-0.39, 0.29) is 23.9 Å². The van der Waals surface area contributed by atoms with Crippen molar-refractivity contribution in [3.8, 4) is 21.1 Å². The minimum atomic E-state index is -0.561. The Kier molecular flexibility index (Phi) is 4.48. The number of aromatic nitrogens is 3. The smallest absolute Gasteiger partial charge is 0.358 e. The number of thiazole rings is 1. The van der Waals surface area contributed by atoms with Gasteiger partial charge in [-0.05, 0) is 24.6 Å². The Morgan fingerprint density at radius 2 is 2.12 bits per heavy atom. The van der Waals surface area contributed by atoms with Gasteiger partial charge < -0.3 is 9.72 Å². The maximum atomic E-state index is 13.1. The molecule has 0 saturated heterocycles. The topological polar surface area (TPSA) is 84.9 Å². The van der Waals surface area contributed by atoms with Crippen LogP contribution >= 0.6 is 11.3 Å². The van der Waals surface area contributed by atoms with E-state index in [1.807, 2.05) is 0 Å². The number of carbonyl (C=O) groups excluding carboxylic acids is 2. The van der Waals surface area contributed by atoms with Crippen LogP contribution in [0.3, 0.4) is 0 Å². The second-order valence-electron chi connectivity index (χ2n) is 4.72.